The molecule has 0 spiro atoms. The number of benzene rings is 20. The van der Waals surface area contributed by atoms with Crippen LogP contribution in [-0.2, 0) is 24.7 Å². The molecule has 0 saturated carbocycles. The summed E-state index contributed by atoms with van der Waals surface area (Å²) in [6, 6.07) is 159. The van der Waals surface area contributed by atoms with Crippen molar-refractivity contribution in [3.8, 4) is 74.4 Å². The van der Waals surface area contributed by atoms with E-state index in [2.05, 4.69) is 225 Å². The summed E-state index contributed by atoms with van der Waals surface area (Å²) in [5.74, 6) is 1.81. The summed E-state index contributed by atoms with van der Waals surface area (Å²) < 4.78 is 0. The average molecular weight is 1820 g/mol. The van der Waals surface area contributed by atoms with Crippen LogP contribution in [0.5, 0.6) is 63.2 Å². The maximum Gasteiger partial charge on any atom is 0.115 e. The molecule has 0 saturated heterocycles. The van der Waals surface area contributed by atoms with E-state index in [1.165, 1.54) is 55.3 Å². The Morgan fingerprint density at radius 2 is 0.446 bits per heavy atom. The third-order valence-corrected chi connectivity index (χ3v) is 25.3. The SMILES string of the molecule is CC(c1ccc(O)cc1)(c1ccc(O)cc1)c1ccc(O)cc1.Oc1ccc(C(c2ccc(O)cc2)C(c2ccc(O)cc2)c2ccc(O)cc2)cc1.Oc1ccc(C(c2ccc(O)cc2)c2ccc(C(c3ccc(O)cc3)c3ccc(O)cc3)cc2)cc1.c1ccc(Cc2ccc(Nc3ccccc3)cc2)cc1.c1ccc(Cc2cccc3ccccc23)cc1.c1ccc2c(c1)Cc1ccccc1-2. The molecular weight excluding hydrogens is 1720 g/mol. The van der Waals surface area contributed by atoms with Crippen molar-refractivity contribution >= 4 is 22.1 Å². The zero-order chi connectivity index (χ0) is 96.4. The number of aromatic hydroxyl groups is 11. The molecule has 139 heavy (non-hydrogen) atoms. The quantitative estimate of drug-likeness (QED) is 0.0320. The van der Waals surface area contributed by atoms with E-state index in [4.69, 9.17) is 0 Å². The van der Waals surface area contributed by atoms with Crippen molar-refractivity contribution in [2.75, 3.05) is 5.32 Å². The van der Waals surface area contributed by atoms with Gasteiger partial charge >= 0.3 is 0 Å². The van der Waals surface area contributed by atoms with E-state index in [0.717, 1.165) is 103 Å². The second-order valence-corrected chi connectivity index (χ2v) is 34.6. The van der Waals surface area contributed by atoms with Crippen LogP contribution in [0.1, 0.15) is 136 Å². The summed E-state index contributed by atoms with van der Waals surface area (Å²) in [6.07, 6.45) is 3.08. The van der Waals surface area contributed by atoms with Crippen molar-refractivity contribution in [3.05, 3.63) is 603 Å². The molecule has 12 heteroatoms. The predicted octanol–water partition coefficient (Wildman–Crippen LogP) is 29.2. The van der Waals surface area contributed by atoms with Crippen LogP contribution in [0.4, 0.5) is 11.4 Å². The number of para-hydroxylation sites is 1. The van der Waals surface area contributed by atoms with Crippen LogP contribution in [0.3, 0.4) is 0 Å². The van der Waals surface area contributed by atoms with E-state index in [9.17, 15) is 56.2 Å². The lowest BCUT2D eigenvalue weighted by atomic mass is 9.71. The Balaban J connectivity index is 0.000000124. The molecular formula is C127H107NO11. The van der Waals surface area contributed by atoms with Crippen LogP contribution >= 0.6 is 0 Å². The molecule has 0 amide bonds. The summed E-state index contributed by atoms with van der Waals surface area (Å²) in [5, 5.41) is 113. The Morgan fingerprint density at radius 3 is 0.770 bits per heavy atom. The highest BCUT2D eigenvalue weighted by Gasteiger charge is 2.33. The van der Waals surface area contributed by atoms with Gasteiger partial charge < -0.3 is 61.5 Å². The maximum absolute atomic E-state index is 9.80. The number of phenols is 11. The first-order chi connectivity index (χ1) is 67.8. The van der Waals surface area contributed by atoms with E-state index < -0.39 is 5.41 Å². The number of fused-ring (bicyclic) bond motifs is 4. The van der Waals surface area contributed by atoms with Crippen molar-refractivity contribution in [2.45, 2.75) is 55.3 Å². The lowest BCUT2D eigenvalue weighted by molar-refractivity contribution is 0.473. The highest BCUT2D eigenvalue weighted by molar-refractivity contribution is 5.86. The molecule has 0 aromatic heterocycles. The third kappa shape index (κ3) is 24.6. The predicted molar refractivity (Wildman–Crippen MR) is 560 cm³/mol. The third-order valence-electron chi connectivity index (χ3n) is 25.3. The van der Waals surface area contributed by atoms with Gasteiger partial charge in [-0.1, -0.05) is 340 Å². The summed E-state index contributed by atoms with van der Waals surface area (Å²) >= 11 is 0. The molecule has 686 valence electrons. The van der Waals surface area contributed by atoms with Gasteiger partial charge in [0, 0.05) is 40.5 Å². The second kappa shape index (κ2) is 45.3. The van der Waals surface area contributed by atoms with Crippen molar-refractivity contribution in [2.24, 2.45) is 0 Å². The molecule has 20 aromatic carbocycles. The number of rotatable bonds is 20. The topological polar surface area (TPSA) is 235 Å². The van der Waals surface area contributed by atoms with Crippen molar-refractivity contribution in [1.82, 2.24) is 0 Å². The Hall–Kier alpha value is -17.7. The second-order valence-electron chi connectivity index (χ2n) is 34.6. The van der Waals surface area contributed by atoms with Crippen molar-refractivity contribution in [3.63, 3.8) is 0 Å². The molecule has 21 rings (SSSR count). The van der Waals surface area contributed by atoms with E-state index in [1.807, 2.05) is 152 Å². The molecule has 0 unspecified atom stereocenters. The Bertz CT molecular complexity index is 6660. The fourth-order valence-corrected chi connectivity index (χ4v) is 18.0. The zero-order valence-electron chi connectivity index (χ0n) is 76.7. The van der Waals surface area contributed by atoms with Crippen LogP contribution in [0, 0.1) is 0 Å². The van der Waals surface area contributed by atoms with Crippen LogP contribution in [0.25, 0.3) is 21.9 Å². The first-order valence-electron chi connectivity index (χ1n) is 46.2. The van der Waals surface area contributed by atoms with Gasteiger partial charge in [0.25, 0.3) is 0 Å². The zero-order valence-corrected chi connectivity index (χ0v) is 76.7. The van der Waals surface area contributed by atoms with Gasteiger partial charge in [-0.25, -0.2) is 0 Å². The summed E-state index contributed by atoms with van der Waals surface area (Å²) in [5.41, 5.74) is 26.2. The standard InChI is InChI=1S/C32H26O4.C26H22O4.C20H18O3.C19H17N.C17H14.C13H10/c33-27-13-5-23(6-14-27)31(24-7-15-28(34)16-8-24)21-1-2-22(4-3-21)32(25-9-17-29(35)18-10-25)26-11-19-30(36)20-12-26;27-21-9-1-17(2-10-21)25(18-3-11-22(28)12-4-18)26(19-5-13-23(29)14-6-19)20-7-15-24(30)16-8-20;1-20(14-2-8-17(21)9-3-14,15-4-10-18(22)11-5-15)16-6-12-19(23)13-7-16;1-3-7-16(8-4-1)15-17-11-13-19(14-12-17)20-18-9-5-2-6-10-18;1-2-7-14(8-3-1)13-16-11-6-10-15-9-4-5-12-17(15)16;1-3-7-12-10(5-1)9-11-6-2-4-8-13(11)12/h1-20,31-36H;1-16,25-30H;2-13,21-23H,1H3;1-14,20H,15H2;1-12H,13H2;1-8H,9H2. The monoisotopic (exact) mass is 1820 g/mol. The molecule has 1 aliphatic rings. The van der Waals surface area contributed by atoms with Gasteiger partial charge in [0.2, 0.25) is 0 Å². The highest BCUT2D eigenvalue weighted by atomic mass is 16.3. The lowest BCUT2D eigenvalue weighted by Crippen LogP contribution is -2.25. The summed E-state index contributed by atoms with van der Waals surface area (Å²) in [7, 11) is 0. The first-order valence-corrected chi connectivity index (χ1v) is 46.2. The van der Waals surface area contributed by atoms with Crippen molar-refractivity contribution < 1.29 is 56.2 Å². The Morgan fingerprint density at radius 1 is 0.209 bits per heavy atom. The minimum Gasteiger partial charge on any atom is -0.508 e. The van der Waals surface area contributed by atoms with E-state index in [0.29, 0.717) is 0 Å². The molecule has 0 bridgehead atoms. The number of phenolic OH excluding ortho intramolecular Hbond substituents is 11. The van der Waals surface area contributed by atoms with Gasteiger partial charge in [0.1, 0.15) is 63.2 Å². The summed E-state index contributed by atoms with van der Waals surface area (Å²) in [6.45, 7) is 2.08. The van der Waals surface area contributed by atoms with Crippen LogP contribution in [-0.4, -0.2) is 56.2 Å². The normalized spacial score (nSPS) is 11.1. The van der Waals surface area contributed by atoms with Gasteiger partial charge in [-0.2, -0.15) is 0 Å². The van der Waals surface area contributed by atoms with Crippen molar-refractivity contribution in [1.29, 1.82) is 0 Å². The van der Waals surface area contributed by atoms with E-state index in [-0.39, 0.29) is 86.9 Å². The summed E-state index contributed by atoms with van der Waals surface area (Å²) in [4.78, 5) is 0. The fourth-order valence-electron chi connectivity index (χ4n) is 18.0. The van der Waals surface area contributed by atoms with Crippen LogP contribution < -0.4 is 5.32 Å². The van der Waals surface area contributed by atoms with Gasteiger partial charge in [0.15, 0.2) is 0 Å². The molecule has 12 N–H and O–H groups in total. The average Bonchev–Trinajstić information content (AvgIpc) is 1.71. The van der Waals surface area contributed by atoms with Gasteiger partial charge in [-0.3, -0.25) is 0 Å². The molecule has 0 radical (unpaired) electrons. The number of anilines is 2. The maximum atomic E-state index is 9.80. The molecule has 0 atom stereocenters. The van der Waals surface area contributed by atoms with E-state index >= 15 is 0 Å². The minimum absolute atomic E-state index is 0.0824. The van der Waals surface area contributed by atoms with Gasteiger partial charge in [-0.15, -0.1) is 0 Å². The molecule has 20 aromatic rings. The highest BCUT2D eigenvalue weighted by Crippen LogP contribution is 2.47. The van der Waals surface area contributed by atoms with Gasteiger partial charge in [0.05, 0.1) is 0 Å². The first kappa shape index (κ1) is 94.5. The van der Waals surface area contributed by atoms with Crippen LogP contribution in [0.15, 0.2) is 497 Å². The number of hydrogen-bond donors (Lipinski definition) is 12. The van der Waals surface area contributed by atoms with Gasteiger partial charge in [-0.05, 0) is 312 Å². The molecule has 12 nitrogen and oxygen atoms in total. The van der Waals surface area contributed by atoms with E-state index in [1.54, 1.807) is 133 Å². The molecule has 1 aliphatic carbocycles. The number of hydrogen-bond acceptors (Lipinski definition) is 12. The van der Waals surface area contributed by atoms with Crippen LogP contribution in [0.2, 0.25) is 0 Å². The Labute approximate surface area is 811 Å². The molecule has 0 aliphatic heterocycles. The Kier molecular flexibility index (Phi) is 30.8. The largest absolute Gasteiger partial charge is 0.508 e. The lowest BCUT2D eigenvalue weighted by Gasteiger charge is -2.32. The smallest absolute Gasteiger partial charge is 0.115 e. The number of nitrogens with one attached hydrogen (secondary N) is 1. The minimum atomic E-state index is -0.477. The molecule has 0 fully saturated rings. The molecule has 0 heterocycles. The fraction of sp³-hybridized carbons (Fsp3) is 0.0709.